The van der Waals surface area contributed by atoms with E-state index in [9.17, 15) is 4.79 Å². The molecule has 4 heterocycles. The molecule has 1 aromatic carbocycles. The van der Waals surface area contributed by atoms with Gasteiger partial charge in [0.25, 0.3) is 0 Å². The van der Waals surface area contributed by atoms with Gasteiger partial charge in [-0.3, -0.25) is 9.88 Å². The normalized spacial score (nSPS) is 13.5. The molecule has 7 nitrogen and oxygen atoms in total. The Morgan fingerprint density at radius 3 is 2.79 bits per heavy atom. The smallest absolute Gasteiger partial charge is 0.391 e. The number of hydrogen-bond acceptors (Lipinski definition) is 5. The molecule has 0 radical (unpaired) electrons. The number of ether oxygens (including phenoxy) is 1. The number of carbonyl (C=O) groups is 1. The van der Waals surface area contributed by atoms with Crippen LogP contribution in [0.2, 0.25) is 0 Å². The first-order valence-corrected chi connectivity index (χ1v) is 8.99. The highest BCUT2D eigenvalue weighted by molar-refractivity contribution is 5.83. The van der Waals surface area contributed by atoms with E-state index in [1.54, 1.807) is 22.0 Å². The Balaban J connectivity index is 1.54. The Hall–Kier alpha value is -3.74. The minimum absolute atomic E-state index is 0.344. The third-order valence-corrected chi connectivity index (χ3v) is 4.78. The Morgan fingerprint density at radius 2 is 2.00 bits per heavy atom. The van der Waals surface area contributed by atoms with Crippen molar-refractivity contribution in [3.63, 3.8) is 0 Å². The second kappa shape index (κ2) is 6.45. The minimum Gasteiger partial charge on any atom is -0.391 e. The van der Waals surface area contributed by atoms with Crippen LogP contribution in [-0.4, -0.2) is 30.7 Å². The summed E-state index contributed by atoms with van der Waals surface area (Å²) in [5.74, 6) is 0.344. The maximum absolute atomic E-state index is 12.5. The molecule has 0 fully saturated rings. The van der Waals surface area contributed by atoms with Crippen molar-refractivity contribution >= 4 is 17.1 Å². The van der Waals surface area contributed by atoms with Gasteiger partial charge >= 0.3 is 6.09 Å². The van der Waals surface area contributed by atoms with E-state index >= 15 is 0 Å². The van der Waals surface area contributed by atoms with E-state index in [1.807, 2.05) is 55.5 Å². The Morgan fingerprint density at radius 1 is 1.14 bits per heavy atom. The molecule has 0 saturated heterocycles. The topological polar surface area (TPSA) is 73.1 Å². The number of carbonyl (C=O) groups excluding carboxylic acids is 1. The van der Waals surface area contributed by atoms with Crippen LogP contribution in [0.3, 0.4) is 0 Å². The molecular formula is C21H17N5O2. The molecule has 1 aliphatic heterocycles. The molecule has 1 amide bonds. The lowest BCUT2D eigenvalue weighted by Crippen LogP contribution is -2.36. The molecule has 1 aliphatic rings. The van der Waals surface area contributed by atoms with Crippen LogP contribution in [0.1, 0.15) is 16.8 Å². The summed E-state index contributed by atoms with van der Waals surface area (Å²) in [6, 6.07) is 15.6. The van der Waals surface area contributed by atoms with Gasteiger partial charge in [0.2, 0.25) is 5.88 Å². The summed E-state index contributed by atoms with van der Waals surface area (Å²) in [5.41, 5.74) is 4.28. The summed E-state index contributed by atoms with van der Waals surface area (Å²) in [5, 5.41) is 5.58. The van der Waals surface area contributed by atoms with Gasteiger partial charge in [-0.2, -0.15) is 10.1 Å². The van der Waals surface area contributed by atoms with Crippen molar-refractivity contribution < 1.29 is 9.53 Å². The van der Waals surface area contributed by atoms with Gasteiger partial charge in [0.15, 0.2) is 5.65 Å². The lowest BCUT2D eigenvalue weighted by atomic mass is 10.1. The van der Waals surface area contributed by atoms with E-state index in [2.05, 4.69) is 15.1 Å². The predicted octanol–water partition coefficient (Wildman–Crippen LogP) is 3.64. The highest BCUT2D eigenvalue weighted by Gasteiger charge is 2.28. The van der Waals surface area contributed by atoms with E-state index in [1.165, 1.54) is 0 Å². The summed E-state index contributed by atoms with van der Waals surface area (Å²) in [6.07, 6.45) is 3.05. The van der Waals surface area contributed by atoms with Crippen molar-refractivity contribution in [2.75, 3.05) is 0 Å². The SMILES string of the molecule is Cc1nn(-c2ccccc2)c2nc3c(cc12)CN(Cc1cccnc1)C(=O)O3. The van der Waals surface area contributed by atoms with Crippen LogP contribution in [0.4, 0.5) is 4.79 Å². The number of amides is 1. The number of pyridine rings is 2. The van der Waals surface area contributed by atoms with Crippen LogP contribution in [0.5, 0.6) is 5.88 Å². The lowest BCUT2D eigenvalue weighted by Gasteiger charge is -2.27. The zero-order chi connectivity index (χ0) is 19.1. The summed E-state index contributed by atoms with van der Waals surface area (Å²) in [7, 11) is 0. The molecule has 0 unspecified atom stereocenters. The third kappa shape index (κ3) is 2.77. The summed E-state index contributed by atoms with van der Waals surface area (Å²) >= 11 is 0. The summed E-state index contributed by atoms with van der Waals surface area (Å²) in [4.78, 5) is 22.8. The number of aromatic nitrogens is 4. The fraction of sp³-hybridized carbons (Fsp3) is 0.143. The van der Waals surface area contributed by atoms with Crippen molar-refractivity contribution in [2.24, 2.45) is 0 Å². The predicted molar refractivity (Wildman–Crippen MR) is 103 cm³/mol. The van der Waals surface area contributed by atoms with Gasteiger partial charge in [0, 0.05) is 23.3 Å². The highest BCUT2D eigenvalue weighted by Crippen LogP contribution is 2.30. The fourth-order valence-corrected chi connectivity index (χ4v) is 3.41. The quantitative estimate of drug-likeness (QED) is 0.550. The van der Waals surface area contributed by atoms with Crippen LogP contribution < -0.4 is 4.74 Å². The van der Waals surface area contributed by atoms with E-state index in [0.717, 1.165) is 27.9 Å². The van der Waals surface area contributed by atoms with Crippen LogP contribution >= 0.6 is 0 Å². The van der Waals surface area contributed by atoms with E-state index < -0.39 is 6.09 Å². The van der Waals surface area contributed by atoms with Crippen molar-refractivity contribution in [3.05, 3.63) is 77.7 Å². The minimum atomic E-state index is -0.411. The van der Waals surface area contributed by atoms with Gasteiger partial charge in [-0.05, 0) is 36.8 Å². The number of hydrogen-bond donors (Lipinski definition) is 0. The molecule has 0 saturated carbocycles. The molecule has 5 rings (SSSR count). The Bertz CT molecular complexity index is 1170. The van der Waals surface area contributed by atoms with Crippen LogP contribution in [-0.2, 0) is 13.1 Å². The number of rotatable bonds is 3. The second-order valence-corrected chi connectivity index (χ2v) is 6.74. The number of aryl methyl sites for hydroxylation is 1. The number of fused-ring (bicyclic) bond motifs is 2. The average Bonchev–Trinajstić information content (AvgIpc) is 3.04. The molecule has 0 aliphatic carbocycles. The zero-order valence-electron chi connectivity index (χ0n) is 15.2. The monoisotopic (exact) mass is 371 g/mol. The summed E-state index contributed by atoms with van der Waals surface area (Å²) < 4.78 is 7.32. The molecule has 3 aromatic heterocycles. The largest absolute Gasteiger partial charge is 0.417 e. The Labute approximate surface area is 161 Å². The standard InChI is InChI=1S/C21H17N5O2/c1-14-18-10-16-13-25(12-15-6-5-9-22-11-15)21(27)28-20(16)23-19(18)26(24-14)17-7-3-2-4-8-17/h2-11H,12-13H2,1H3. The molecule has 0 bridgehead atoms. The van der Waals surface area contributed by atoms with Crippen molar-refractivity contribution in [3.8, 4) is 11.6 Å². The fourth-order valence-electron chi connectivity index (χ4n) is 3.41. The van der Waals surface area contributed by atoms with E-state index in [4.69, 9.17) is 4.74 Å². The number of benzene rings is 1. The van der Waals surface area contributed by atoms with Gasteiger partial charge in [0.1, 0.15) is 0 Å². The van der Waals surface area contributed by atoms with Crippen LogP contribution in [0.15, 0.2) is 60.9 Å². The molecule has 0 spiro atoms. The van der Waals surface area contributed by atoms with Gasteiger partial charge in [0.05, 0.1) is 24.5 Å². The number of nitrogens with zero attached hydrogens (tertiary/aromatic N) is 5. The highest BCUT2D eigenvalue weighted by atomic mass is 16.6. The second-order valence-electron chi connectivity index (χ2n) is 6.74. The molecule has 0 N–H and O–H groups in total. The van der Waals surface area contributed by atoms with Crippen molar-refractivity contribution in [1.29, 1.82) is 0 Å². The van der Waals surface area contributed by atoms with Crippen LogP contribution in [0, 0.1) is 6.92 Å². The molecule has 138 valence electrons. The molecular weight excluding hydrogens is 354 g/mol. The molecule has 4 aromatic rings. The van der Waals surface area contributed by atoms with Gasteiger partial charge in [-0.15, -0.1) is 0 Å². The molecule has 0 atom stereocenters. The van der Waals surface area contributed by atoms with Gasteiger partial charge in [-0.1, -0.05) is 24.3 Å². The third-order valence-electron chi connectivity index (χ3n) is 4.78. The van der Waals surface area contributed by atoms with E-state index in [-0.39, 0.29) is 0 Å². The first-order valence-electron chi connectivity index (χ1n) is 8.99. The average molecular weight is 371 g/mol. The summed E-state index contributed by atoms with van der Waals surface area (Å²) in [6.45, 7) is 2.83. The maximum Gasteiger partial charge on any atom is 0.417 e. The molecule has 28 heavy (non-hydrogen) atoms. The first kappa shape index (κ1) is 16.4. The maximum atomic E-state index is 12.5. The zero-order valence-corrected chi connectivity index (χ0v) is 15.2. The van der Waals surface area contributed by atoms with Crippen molar-refractivity contribution in [2.45, 2.75) is 20.0 Å². The lowest BCUT2D eigenvalue weighted by molar-refractivity contribution is 0.133. The van der Waals surface area contributed by atoms with Crippen LogP contribution in [0.25, 0.3) is 16.7 Å². The van der Waals surface area contributed by atoms with Gasteiger partial charge < -0.3 is 4.74 Å². The van der Waals surface area contributed by atoms with E-state index in [0.29, 0.717) is 24.6 Å². The van der Waals surface area contributed by atoms with Crippen molar-refractivity contribution in [1.82, 2.24) is 24.6 Å². The Kier molecular flexibility index (Phi) is 3.79. The first-order chi connectivity index (χ1) is 13.7. The van der Waals surface area contributed by atoms with Gasteiger partial charge in [-0.25, -0.2) is 9.48 Å². The number of para-hydroxylation sites is 1. The molecule has 7 heteroatoms.